The van der Waals surface area contributed by atoms with Gasteiger partial charge < -0.3 is 15.3 Å². The zero-order valence-corrected chi connectivity index (χ0v) is 50.1. The van der Waals surface area contributed by atoms with Crippen molar-refractivity contribution in [2.24, 2.45) is 15.0 Å². The van der Waals surface area contributed by atoms with Crippen LogP contribution in [-0.4, -0.2) is 33.1 Å². The Morgan fingerprint density at radius 3 is 1.12 bits per heavy atom. The molecule has 11 aromatic rings. The summed E-state index contributed by atoms with van der Waals surface area (Å²) < 4.78 is 241. The van der Waals surface area contributed by atoms with Crippen LogP contribution in [0.25, 0.3) is 65.8 Å². The number of aromatic amines is 2. The van der Waals surface area contributed by atoms with Gasteiger partial charge in [0, 0.05) is 61.2 Å². The summed E-state index contributed by atoms with van der Waals surface area (Å²) in [5.41, 5.74) is -6.75. The fraction of sp³-hybridized carbons (Fsp3) is 0.0128. The van der Waals surface area contributed by atoms with Crippen LogP contribution in [0, 0.1) is 87.3 Å². The Balaban J connectivity index is 1.07. The molecule has 0 aliphatic carbocycles. The van der Waals surface area contributed by atoms with Crippen molar-refractivity contribution in [1.29, 1.82) is 0 Å². The number of H-pyrrole nitrogens is 2. The molecule has 1 atom stereocenters. The topological polar surface area (TPSA) is 80.7 Å². The zero-order chi connectivity index (χ0) is 68.6. The molecule has 12 bridgehead atoms. The Bertz CT molecular complexity index is 5920. The quantitative estimate of drug-likeness (QED) is 0.0865. The minimum Gasteiger partial charge on any atom is -0.374 e. The minimum absolute atomic E-state index is 0.0120. The standard InChI is InChI=1S/C78H37F15N6/c79-64-61(65(80)71(86)76(91)70(64)85)58-49-28-22-43(94-49)55(40-19-7-13-34-10-1-4-16-37(34)40)44-23-29-50(95-44)59(62-66(81)72(87)77(92)73(88)67(62)82)52-31-25-46(97-52)57(42-21-9-15-36-12-3-6-18-39(36)42)48-27-33-54(99-48)60(63-68(83)74(89)78(93)75(90)69(63)84)53-32-26-47(98-53)56(45-24-30-51(58)96-45)41-20-8-14-35-11-2-5-17-38(35)41/h1-33,49,94-95,98H/b55-43-,56-47+,57-48-,58-51+,59-52+,60-53-. The summed E-state index contributed by atoms with van der Waals surface area (Å²) in [6.07, 6.45) is 10.5. The summed E-state index contributed by atoms with van der Waals surface area (Å²) in [4.78, 5) is 20.8. The Morgan fingerprint density at radius 1 is 0.273 bits per heavy atom. The van der Waals surface area contributed by atoms with Gasteiger partial charge in [-0.25, -0.2) is 80.8 Å². The van der Waals surface area contributed by atoms with E-state index in [2.05, 4.69) is 15.3 Å². The van der Waals surface area contributed by atoms with Crippen LogP contribution in [0.2, 0.25) is 0 Å². The second-order valence-corrected chi connectivity index (χ2v) is 23.3. The van der Waals surface area contributed by atoms with Crippen LogP contribution in [0.3, 0.4) is 0 Å². The molecule has 16 rings (SSSR count). The highest BCUT2D eigenvalue weighted by molar-refractivity contribution is 6.37. The number of hydrogen-bond acceptors (Lipinski definition) is 4. The van der Waals surface area contributed by atoms with Crippen LogP contribution in [0.1, 0.15) is 44.8 Å². The van der Waals surface area contributed by atoms with Gasteiger partial charge in [-0.05, 0) is 116 Å². The molecule has 484 valence electrons. The number of rotatable bonds is 6. The molecule has 21 heteroatoms. The van der Waals surface area contributed by atoms with Gasteiger partial charge in [0.2, 0.25) is 17.5 Å². The van der Waals surface area contributed by atoms with Gasteiger partial charge in [0.15, 0.2) is 69.8 Å². The molecule has 0 radical (unpaired) electrons. The zero-order valence-electron chi connectivity index (χ0n) is 50.1. The van der Waals surface area contributed by atoms with E-state index in [-0.39, 0.29) is 61.6 Å². The number of nitrogens with one attached hydrogen (secondary N) is 3. The minimum atomic E-state index is -2.49. The van der Waals surface area contributed by atoms with Gasteiger partial charge in [0.1, 0.15) is 0 Å². The van der Waals surface area contributed by atoms with Crippen molar-refractivity contribution in [3.8, 4) is 0 Å². The third kappa shape index (κ3) is 9.72. The first-order valence-electron chi connectivity index (χ1n) is 30.2. The predicted molar refractivity (Wildman–Crippen MR) is 348 cm³/mol. The highest BCUT2D eigenvalue weighted by Crippen LogP contribution is 2.44. The Labute approximate surface area is 548 Å². The van der Waals surface area contributed by atoms with Crippen LogP contribution >= 0.6 is 0 Å². The fourth-order valence-corrected chi connectivity index (χ4v) is 13.4. The smallest absolute Gasteiger partial charge is 0.200 e. The van der Waals surface area contributed by atoms with Crippen LogP contribution < -0.4 is 16.0 Å². The number of aliphatic imine (C=N–C) groups is 3. The van der Waals surface area contributed by atoms with Gasteiger partial charge in [-0.1, -0.05) is 133 Å². The van der Waals surface area contributed by atoms with Gasteiger partial charge in [-0.2, -0.15) is 0 Å². The van der Waals surface area contributed by atoms with Gasteiger partial charge in [-0.3, -0.25) is 0 Å². The second kappa shape index (κ2) is 23.5. The average molecular weight is 1340 g/mol. The summed E-state index contributed by atoms with van der Waals surface area (Å²) in [5.74, 6) is -35.0. The molecule has 7 heterocycles. The largest absolute Gasteiger partial charge is 0.374 e. The van der Waals surface area contributed by atoms with E-state index in [1.165, 1.54) is 72.9 Å². The highest BCUT2D eigenvalue weighted by atomic mass is 19.2. The van der Waals surface area contributed by atoms with Crippen LogP contribution in [0.5, 0.6) is 0 Å². The van der Waals surface area contributed by atoms with E-state index in [1.54, 1.807) is 127 Å². The number of fused-ring (bicyclic) bond motifs is 12. The van der Waals surface area contributed by atoms with Gasteiger partial charge in [-0.15, -0.1) is 0 Å². The van der Waals surface area contributed by atoms with Crippen molar-refractivity contribution < 1.29 is 65.9 Å². The molecule has 0 saturated carbocycles. The molecular weight excluding hydrogens is 1310 g/mol. The maximum atomic E-state index is 16.8. The SMILES string of the molecule is Fc1c(F)c(F)c(/C2=C3\C=CC(=N3)/C(c3cccc4ccccc34)=C3/C=CC(=N3)/C(c3c(F)c(F)c(F)c(F)c3F)=c3\cc/c([nH]3)=C(/c3cccc4ccccc34)C3=N/C(=C(/c4c(F)c(F)c(F)c(F)c4F)C4C=C/C(=C(\c5cccc6ccccc56)c5ccc2[nH]5)N4)C=C3)c(F)c1F. The van der Waals surface area contributed by atoms with E-state index in [9.17, 15) is 0 Å². The molecule has 0 fully saturated rings. The normalized spacial score (nSPS) is 20.0. The molecule has 0 spiro atoms. The summed E-state index contributed by atoms with van der Waals surface area (Å²) in [6, 6.07) is 39.9. The lowest BCUT2D eigenvalue weighted by molar-refractivity contribution is 0.376. The van der Waals surface area contributed by atoms with E-state index in [0.29, 0.717) is 49.0 Å². The summed E-state index contributed by atoms with van der Waals surface area (Å²) >= 11 is 0. The van der Waals surface area contributed by atoms with E-state index >= 15 is 65.9 Å². The molecule has 5 aliphatic heterocycles. The number of nitrogens with zero attached hydrogens (tertiary/aromatic N) is 3. The predicted octanol–water partition coefficient (Wildman–Crippen LogP) is 17.9. The van der Waals surface area contributed by atoms with Crippen molar-refractivity contribution in [2.45, 2.75) is 6.04 Å². The van der Waals surface area contributed by atoms with Crippen LogP contribution in [0.4, 0.5) is 65.9 Å². The fourth-order valence-electron chi connectivity index (χ4n) is 13.4. The second-order valence-electron chi connectivity index (χ2n) is 23.3. The summed E-state index contributed by atoms with van der Waals surface area (Å²) in [5, 5.41) is 6.42. The van der Waals surface area contributed by atoms with Crippen LogP contribution in [0.15, 0.2) is 238 Å². The summed E-state index contributed by atoms with van der Waals surface area (Å²) in [7, 11) is 0. The molecule has 9 aromatic carbocycles. The Kier molecular flexibility index (Phi) is 14.6. The molecule has 6 nitrogen and oxygen atoms in total. The van der Waals surface area contributed by atoms with E-state index < -0.39 is 144 Å². The van der Waals surface area contributed by atoms with E-state index in [0.717, 1.165) is 0 Å². The van der Waals surface area contributed by atoms with Crippen LogP contribution in [-0.2, 0) is 0 Å². The van der Waals surface area contributed by atoms with Crippen molar-refractivity contribution in [3.63, 3.8) is 0 Å². The maximum Gasteiger partial charge on any atom is 0.200 e. The summed E-state index contributed by atoms with van der Waals surface area (Å²) in [6.45, 7) is 0. The third-order valence-corrected chi connectivity index (χ3v) is 17.8. The van der Waals surface area contributed by atoms with Gasteiger partial charge in [0.25, 0.3) is 0 Å². The molecule has 1 unspecified atom stereocenters. The molecule has 5 aliphatic rings. The number of hydrogen-bond donors (Lipinski definition) is 3. The molecule has 3 N–H and O–H groups in total. The molecule has 0 amide bonds. The Morgan fingerprint density at radius 2 is 0.626 bits per heavy atom. The van der Waals surface area contributed by atoms with Crippen molar-refractivity contribution in [1.82, 2.24) is 15.3 Å². The highest BCUT2D eigenvalue weighted by Gasteiger charge is 2.38. The van der Waals surface area contributed by atoms with E-state index in [4.69, 9.17) is 15.0 Å². The lowest BCUT2D eigenvalue weighted by atomic mass is 9.93. The molecule has 99 heavy (non-hydrogen) atoms. The first-order chi connectivity index (χ1) is 47.9. The molecular formula is C78H37F15N6. The maximum absolute atomic E-state index is 16.8. The molecule has 0 saturated heterocycles. The van der Waals surface area contributed by atoms with Crippen molar-refractivity contribution in [2.75, 3.05) is 0 Å². The lowest BCUT2D eigenvalue weighted by Crippen LogP contribution is -2.26. The number of halogens is 15. The number of benzene rings is 9. The average Bonchev–Trinajstić information content (AvgIpc) is 1.66. The lowest BCUT2D eigenvalue weighted by Gasteiger charge is -2.21. The first kappa shape index (κ1) is 61.6. The number of aromatic nitrogens is 2. The monoisotopic (exact) mass is 1340 g/mol. The van der Waals surface area contributed by atoms with Crippen molar-refractivity contribution in [3.05, 3.63) is 366 Å². The van der Waals surface area contributed by atoms with Crippen molar-refractivity contribution >= 4 is 82.9 Å². The van der Waals surface area contributed by atoms with E-state index in [1.807, 2.05) is 0 Å². The Hall–Kier alpha value is -12.3. The third-order valence-electron chi connectivity index (χ3n) is 17.8. The molecule has 2 aromatic heterocycles. The number of allylic oxidation sites excluding steroid dienone is 8. The van der Waals surface area contributed by atoms with Gasteiger partial charge >= 0.3 is 0 Å². The first-order valence-corrected chi connectivity index (χ1v) is 30.2. The van der Waals surface area contributed by atoms with Gasteiger partial charge in [0.05, 0.1) is 57.0 Å².